The smallest absolute Gasteiger partial charge is 0.119 e. The summed E-state index contributed by atoms with van der Waals surface area (Å²) in [7, 11) is 1.66. The maximum absolute atomic E-state index is 11.2. The van der Waals surface area contributed by atoms with Crippen LogP contribution >= 0.6 is 0 Å². The first kappa shape index (κ1) is 21.8. The van der Waals surface area contributed by atoms with Crippen molar-refractivity contribution in [2.24, 2.45) is 17.6 Å². The van der Waals surface area contributed by atoms with Crippen LogP contribution in [-0.4, -0.2) is 47.8 Å². The molecule has 0 aliphatic carbocycles. The Labute approximate surface area is 174 Å². The number of ether oxygens (including phenoxy) is 1. The molecule has 5 heteroatoms. The highest BCUT2D eigenvalue weighted by Gasteiger charge is 2.42. The molecule has 158 valence electrons. The fourth-order valence-electron chi connectivity index (χ4n) is 4.65. The Balaban J connectivity index is 0.000000431. The Hall–Kier alpha value is -1.95. The number of hydrogen-bond donors (Lipinski definition) is 2. The van der Waals surface area contributed by atoms with Crippen LogP contribution in [0.25, 0.3) is 10.9 Å². The van der Waals surface area contributed by atoms with Gasteiger partial charge in [-0.15, -0.1) is 6.58 Å². The lowest BCUT2D eigenvalue weighted by atomic mass is 9.73. The van der Waals surface area contributed by atoms with Crippen molar-refractivity contribution in [3.8, 4) is 5.75 Å². The number of nitrogens with zero attached hydrogens (tertiary/aromatic N) is 2. The SMILES string of the molecule is C=C[C@@H]1CN2CCC1C[C@@H]2C(O)c1ccnc2ccc(OC)cc12.CCCCN. The van der Waals surface area contributed by atoms with Gasteiger partial charge in [0, 0.05) is 24.2 Å². The van der Waals surface area contributed by atoms with Crippen molar-refractivity contribution in [3.05, 3.63) is 48.7 Å². The maximum Gasteiger partial charge on any atom is 0.119 e. The molecule has 3 saturated heterocycles. The number of pyridine rings is 1. The van der Waals surface area contributed by atoms with E-state index in [1.54, 1.807) is 13.3 Å². The molecule has 0 saturated carbocycles. The van der Waals surface area contributed by atoms with Gasteiger partial charge in [-0.1, -0.05) is 19.4 Å². The van der Waals surface area contributed by atoms with Crippen LogP contribution in [-0.2, 0) is 0 Å². The van der Waals surface area contributed by atoms with E-state index in [2.05, 4.69) is 29.5 Å². The van der Waals surface area contributed by atoms with Gasteiger partial charge in [-0.2, -0.15) is 0 Å². The molecule has 3 aliphatic heterocycles. The van der Waals surface area contributed by atoms with Gasteiger partial charge in [-0.05, 0) is 74.0 Å². The van der Waals surface area contributed by atoms with Crippen LogP contribution < -0.4 is 10.5 Å². The van der Waals surface area contributed by atoms with E-state index in [0.717, 1.165) is 48.3 Å². The summed E-state index contributed by atoms with van der Waals surface area (Å²) in [5.74, 6) is 2.01. The maximum atomic E-state index is 11.2. The molecule has 3 fully saturated rings. The summed E-state index contributed by atoms with van der Waals surface area (Å²) in [6, 6.07) is 7.96. The number of benzene rings is 1. The fourth-order valence-corrected chi connectivity index (χ4v) is 4.65. The first-order chi connectivity index (χ1) is 14.1. The van der Waals surface area contributed by atoms with E-state index in [4.69, 9.17) is 10.5 Å². The van der Waals surface area contributed by atoms with E-state index in [-0.39, 0.29) is 6.04 Å². The minimum absolute atomic E-state index is 0.178. The van der Waals surface area contributed by atoms with E-state index in [1.165, 1.54) is 19.3 Å². The van der Waals surface area contributed by atoms with Crippen molar-refractivity contribution in [2.75, 3.05) is 26.7 Å². The zero-order chi connectivity index (χ0) is 20.8. The number of methoxy groups -OCH3 is 1. The summed E-state index contributed by atoms with van der Waals surface area (Å²) in [5, 5.41) is 12.1. The van der Waals surface area contributed by atoms with Gasteiger partial charge < -0.3 is 15.6 Å². The molecule has 3 N–H and O–H groups in total. The lowest BCUT2D eigenvalue weighted by molar-refractivity contribution is -0.0444. The quantitative estimate of drug-likeness (QED) is 0.723. The van der Waals surface area contributed by atoms with Crippen molar-refractivity contribution in [2.45, 2.75) is 44.8 Å². The molecule has 2 bridgehead atoms. The zero-order valence-electron chi connectivity index (χ0n) is 17.8. The average Bonchev–Trinajstić information content (AvgIpc) is 2.78. The molecule has 0 radical (unpaired) electrons. The summed E-state index contributed by atoms with van der Waals surface area (Å²) in [5.41, 5.74) is 6.99. The Bertz CT molecular complexity index is 808. The number of rotatable bonds is 6. The second-order valence-electron chi connectivity index (χ2n) is 8.12. The Morgan fingerprint density at radius 2 is 2.24 bits per heavy atom. The first-order valence-electron chi connectivity index (χ1n) is 10.8. The van der Waals surface area contributed by atoms with Gasteiger partial charge in [0.15, 0.2) is 0 Å². The third-order valence-corrected chi connectivity index (χ3v) is 6.38. The van der Waals surface area contributed by atoms with Gasteiger partial charge in [-0.3, -0.25) is 9.88 Å². The minimum Gasteiger partial charge on any atom is -0.497 e. The molecule has 4 heterocycles. The second kappa shape index (κ2) is 10.2. The number of nitrogens with two attached hydrogens (primary N) is 1. The number of aromatic nitrogens is 1. The lowest BCUT2D eigenvalue weighted by Gasteiger charge is -2.50. The third-order valence-electron chi connectivity index (χ3n) is 6.38. The summed E-state index contributed by atoms with van der Waals surface area (Å²) in [4.78, 5) is 6.86. The number of aliphatic hydroxyl groups excluding tert-OH is 1. The predicted molar refractivity (Wildman–Crippen MR) is 119 cm³/mol. The molecule has 1 aromatic heterocycles. The summed E-state index contributed by atoms with van der Waals surface area (Å²) in [6.07, 6.45) is 8.01. The third kappa shape index (κ3) is 4.80. The standard InChI is InChI=1S/C20H24N2O2.C4H11N/c1-3-13-12-22-9-7-14(13)10-19(22)20(23)16-6-8-21-18-5-4-15(24-2)11-17(16)18;1-2-3-4-5/h3-6,8,11,13-14,19-20,23H,1,7,9-10,12H2,2H3;2-5H2,1H3/t13-,14?,19-,20?;/m1./s1. The first-order valence-corrected chi connectivity index (χ1v) is 10.8. The molecule has 5 nitrogen and oxygen atoms in total. The van der Waals surface area contributed by atoms with E-state index in [1.807, 2.05) is 24.3 Å². The van der Waals surface area contributed by atoms with E-state index in [9.17, 15) is 5.11 Å². The Morgan fingerprint density at radius 3 is 2.83 bits per heavy atom. The molecule has 29 heavy (non-hydrogen) atoms. The van der Waals surface area contributed by atoms with Crippen LogP contribution in [0.2, 0.25) is 0 Å². The van der Waals surface area contributed by atoms with Crippen molar-refractivity contribution in [1.82, 2.24) is 9.88 Å². The molecule has 1 aromatic carbocycles. The molecule has 5 atom stereocenters. The number of piperidine rings is 3. The topological polar surface area (TPSA) is 71.6 Å². The second-order valence-corrected chi connectivity index (χ2v) is 8.12. The fraction of sp³-hybridized carbons (Fsp3) is 0.542. The number of unbranched alkanes of at least 4 members (excludes halogenated alkanes) is 1. The highest BCUT2D eigenvalue weighted by Crippen LogP contribution is 2.42. The summed E-state index contributed by atoms with van der Waals surface area (Å²) < 4.78 is 5.35. The molecular weight excluding hydrogens is 362 g/mol. The molecule has 2 aromatic rings. The monoisotopic (exact) mass is 397 g/mol. The lowest BCUT2D eigenvalue weighted by Crippen LogP contribution is -2.54. The van der Waals surface area contributed by atoms with E-state index < -0.39 is 6.10 Å². The summed E-state index contributed by atoms with van der Waals surface area (Å²) >= 11 is 0. The average molecular weight is 398 g/mol. The predicted octanol–water partition coefficient (Wildman–Crippen LogP) is 3.92. The van der Waals surface area contributed by atoms with Crippen molar-refractivity contribution in [3.63, 3.8) is 0 Å². The normalized spacial score (nSPS) is 26.5. The molecule has 3 unspecified atom stereocenters. The van der Waals surface area contributed by atoms with Gasteiger partial charge in [0.2, 0.25) is 0 Å². The number of fused-ring (bicyclic) bond motifs is 4. The highest BCUT2D eigenvalue weighted by atomic mass is 16.5. The molecule has 5 rings (SSSR count). The van der Waals surface area contributed by atoms with Crippen molar-refractivity contribution < 1.29 is 9.84 Å². The highest BCUT2D eigenvalue weighted by molar-refractivity contribution is 5.83. The zero-order valence-corrected chi connectivity index (χ0v) is 17.8. The molecule has 0 spiro atoms. The van der Waals surface area contributed by atoms with Crippen LogP contribution in [0.5, 0.6) is 5.75 Å². The van der Waals surface area contributed by atoms with Crippen molar-refractivity contribution in [1.29, 1.82) is 0 Å². The Morgan fingerprint density at radius 1 is 1.41 bits per heavy atom. The summed E-state index contributed by atoms with van der Waals surface area (Å²) in [6.45, 7) is 9.04. The van der Waals surface area contributed by atoms with Gasteiger partial charge in [0.25, 0.3) is 0 Å². The van der Waals surface area contributed by atoms with E-state index >= 15 is 0 Å². The largest absolute Gasteiger partial charge is 0.497 e. The van der Waals surface area contributed by atoms with Gasteiger partial charge >= 0.3 is 0 Å². The Kier molecular flexibility index (Phi) is 7.64. The molecule has 3 aliphatic rings. The van der Waals surface area contributed by atoms with Crippen LogP contribution in [0.1, 0.15) is 44.3 Å². The molecular formula is C24H35N3O2. The van der Waals surface area contributed by atoms with Crippen LogP contribution in [0.15, 0.2) is 43.1 Å². The van der Waals surface area contributed by atoms with Crippen LogP contribution in [0.3, 0.4) is 0 Å². The number of aliphatic hydroxyl groups is 1. The van der Waals surface area contributed by atoms with Gasteiger partial charge in [-0.25, -0.2) is 0 Å². The van der Waals surface area contributed by atoms with Crippen molar-refractivity contribution >= 4 is 10.9 Å². The minimum atomic E-state index is -0.504. The van der Waals surface area contributed by atoms with Gasteiger partial charge in [0.05, 0.1) is 18.7 Å². The van der Waals surface area contributed by atoms with Crippen LogP contribution in [0, 0.1) is 11.8 Å². The van der Waals surface area contributed by atoms with E-state index in [0.29, 0.717) is 11.8 Å². The molecule has 0 amide bonds. The van der Waals surface area contributed by atoms with Gasteiger partial charge in [0.1, 0.15) is 5.75 Å². The van der Waals surface area contributed by atoms with Crippen LogP contribution in [0.4, 0.5) is 0 Å². The number of hydrogen-bond acceptors (Lipinski definition) is 5.